The molecule has 2 aliphatic rings. The molecule has 2 atom stereocenters. The third kappa shape index (κ3) is 5.63. The highest BCUT2D eigenvalue weighted by Crippen LogP contribution is 2.27. The number of nitrogens with one attached hydrogen (secondary N) is 1. The zero-order valence-corrected chi connectivity index (χ0v) is 17.8. The molecule has 7 nitrogen and oxygen atoms in total. The SMILES string of the molecule is CC(C)(C)OC(=O)N1CCN2c3cccc(c3)C(N)CCCCCNC(=O)[C@@H]2C1. The van der Waals surface area contributed by atoms with Crippen molar-refractivity contribution in [1.29, 1.82) is 0 Å². The van der Waals surface area contributed by atoms with Crippen molar-refractivity contribution in [2.75, 3.05) is 31.1 Å². The molecule has 3 N–H and O–H groups in total. The maximum atomic E-state index is 13.0. The molecule has 1 fully saturated rings. The second-order valence-electron chi connectivity index (χ2n) is 8.98. The van der Waals surface area contributed by atoms with E-state index in [1.807, 2.05) is 32.9 Å². The van der Waals surface area contributed by atoms with E-state index in [2.05, 4.69) is 22.3 Å². The van der Waals surface area contributed by atoms with Crippen LogP contribution in [-0.2, 0) is 9.53 Å². The Kier molecular flexibility index (Phi) is 6.67. The van der Waals surface area contributed by atoms with E-state index in [0.29, 0.717) is 26.2 Å². The van der Waals surface area contributed by atoms with Gasteiger partial charge in [0.05, 0.1) is 6.54 Å². The molecule has 2 aliphatic heterocycles. The molecule has 3 rings (SSSR count). The van der Waals surface area contributed by atoms with Gasteiger partial charge in [-0.25, -0.2) is 4.79 Å². The molecule has 0 radical (unpaired) electrons. The van der Waals surface area contributed by atoms with Gasteiger partial charge in [0.2, 0.25) is 5.91 Å². The zero-order chi connectivity index (χ0) is 21.0. The molecule has 0 aliphatic carbocycles. The highest BCUT2D eigenvalue weighted by Gasteiger charge is 2.36. The number of hydrogen-bond acceptors (Lipinski definition) is 5. The summed E-state index contributed by atoms with van der Waals surface area (Å²) in [5, 5.41) is 3.06. The summed E-state index contributed by atoms with van der Waals surface area (Å²) in [6.45, 7) is 7.56. The van der Waals surface area contributed by atoms with Gasteiger partial charge in [0.15, 0.2) is 0 Å². The van der Waals surface area contributed by atoms with Gasteiger partial charge in [-0.1, -0.05) is 25.0 Å². The molecule has 2 heterocycles. The monoisotopic (exact) mass is 402 g/mol. The minimum absolute atomic E-state index is 0.000802. The van der Waals surface area contributed by atoms with Gasteiger partial charge in [0.25, 0.3) is 0 Å². The fourth-order valence-corrected chi connectivity index (χ4v) is 3.90. The molecule has 2 bridgehead atoms. The van der Waals surface area contributed by atoms with Crippen LogP contribution in [0.3, 0.4) is 0 Å². The number of benzene rings is 1. The van der Waals surface area contributed by atoms with Crippen LogP contribution in [0.1, 0.15) is 58.1 Å². The minimum atomic E-state index is -0.564. The van der Waals surface area contributed by atoms with Crippen molar-refractivity contribution in [2.24, 2.45) is 5.73 Å². The number of hydrogen-bond donors (Lipinski definition) is 2. The number of nitrogens with two attached hydrogens (primary N) is 1. The number of nitrogens with zero attached hydrogens (tertiary/aromatic N) is 2. The van der Waals surface area contributed by atoms with Crippen LogP contribution in [0.2, 0.25) is 0 Å². The van der Waals surface area contributed by atoms with E-state index in [1.165, 1.54) is 0 Å². The van der Waals surface area contributed by atoms with E-state index < -0.39 is 11.6 Å². The molecule has 0 spiro atoms. The number of amides is 2. The predicted octanol–water partition coefficient (Wildman–Crippen LogP) is 2.80. The van der Waals surface area contributed by atoms with Crippen molar-refractivity contribution in [3.8, 4) is 0 Å². The molecule has 0 saturated carbocycles. The van der Waals surface area contributed by atoms with Gasteiger partial charge in [-0.05, 0) is 51.3 Å². The number of carbonyl (C=O) groups is 2. The fraction of sp³-hybridized carbons (Fsp3) is 0.636. The van der Waals surface area contributed by atoms with Crippen LogP contribution >= 0.6 is 0 Å². The second-order valence-corrected chi connectivity index (χ2v) is 8.98. The number of piperazine rings is 1. The van der Waals surface area contributed by atoms with Gasteiger partial charge in [-0.2, -0.15) is 0 Å². The van der Waals surface area contributed by atoms with Crippen LogP contribution in [0.25, 0.3) is 0 Å². The van der Waals surface area contributed by atoms with Crippen LogP contribution in [0.4, 0.5) is 10.5 Å². The molecule has 1 unspecified atom stereocenters. The summed E-state index contributed by atoms with van der Waals surface area (Å²) >= 11 is 0. The lowest BCUT2D eigenvalue weighted by atomic mass is 10.00. The summed E-state index contributed by atoms with van der Waals surface area (Å²) in [6.07, 6.45) is 3.57. The van der Waals surface area contributed by atoms with E-state index in [1.54, 1.807) is 4.90 Å². The number of carbonyl (C=O) groups excluding carboxylic acids is 2. The Balaban J connectivity index is 1.85. The molecule has 0 aromatic heterocycles. The lowest BCUT2D eigenvalue weighted by molar-refractivity contribution is -0.123. The molecule has 29 heavy (non-hydrogen) atoms. The highest BCUT2D eigenvalue weighted by atomic mass is 16.6. The topological polar surface area (TPSA) is 87.9 Å². The van der Waals surface area contributed by atoms with Gasteiger partial charge in [-0.3, -0.25) is 4.79 Å². The normalized spacial score (nSPS) is 23.8. The lowest BCUT2D eigenvalue weighted by Gasteiger charge is -2.42. The van der Waals surface area contributed by atoms with Gasteiger partial charge in [0, 0.05) is 31.4 Å². The van der Waals surface area contributed by atoms with Crippen molar-refractivity contribution < 1.29 is 14.3 Å². The van der Waals surface area contributed by atoms with E-state index in [9.17, 15) is 9.59 Å². The minimum Gasteiger partial charge on any atom is -0.444 e. The summed E-state index contributed by atoms with van der Waals surface area (Å²) in [5.74, 6) is -0.0489. The zero-order valence-electron chi connectivity index (χ0n) is 17.8. The Morgan fingerprint density at radius 3 is 2.76 bits per heavy atom. The number of fused-ring (bicyclic) bond motifs is 4. The predicted molar refractivity (Wildman–Crippen MR) is 114 cm³/mol. The molecule has 1 aromatic rings. The summed E-state index contributed by atoms with van der Waals surface area (Å²) in [4.78, 5) is 29.3. The van der Waals surface area contributed by atoms with Gasteiger partial charge in [-0.15, -0.1) is 0 Å². The second kappa shape index (κ2) is 9.03. The van der Waals surface area contributed by atoms with Crippen LogP contribution in [0, 0.1) is 0 Å². The van der Waals surface area contributed by atoms with Crippen LogP contribution in [-0.4, -0.2) is 54.7 Å². The van der Waals surface area contributed by atoms with Crippen molar-refractivity contribution in [2.45, 2.75) is 64.1 Å². The largest absolute Gasteiger partial charge is 0.444 e. The Morgan fingerprint density at radius 2 is 2.00 bits per heavy atom. The van der Waals surface area contributed by atoms with Gasteiger partial charge in [0.1, 0.15) is 11.6 Å². The van der Waals surface area contributed by atoms with Crippen molar-refractivity contribution in [1.82, 2.24) is 10.2 Å². The third-order valence-corrected chi connectivity index (χ3v) is 5.46. The smallest absolute Gasteiger partial charge is 0.410 e. The van der Waals surface area contributed by atoms with Crippen LogP contribution < -0.4 is 16.0 Å². The van der Waals surface area contributed by atoms with E-state index >= 15 is 0 Å². The van der Waals surface area contributed by atoms with Crippen molar-refractivity contribution >= 4 is 17.7 Å². The molecule has 1 aromatic carbocycles. The molecule has 160 valence electrons. The van der Waals surface area contributed by atoms with Gasteiger partial charge < -0.3 is 25.6 Å². The first-order valence-corrected chi connectivity index (χ1v) is 10.6. The van der Waals surface area contributed by atoms with E-state index in [-0.39, 0.29) is 18.0 Å². The maximum absolute atomic E-state index is 13.0. The number of ether oxygens (including phenoxy) is 1. The first kappa shape index (κ1) is 21.4. The quantitative estimate of drug-likeness (QED) is 0.697. The van der Waals surface area contributed by atoms with Crippen LogP contribution in [0.15, 0.2) is 24.3 Å². The highest BCUT2D eigenvalue weighted by molar-refractivity contribution is 5.86. The van der Waals surface area contributed by atoms with Crippen molar-refractivity contribution in [3.63, 3.8) is 0 Å². The molecular weight excluding hydrogens is 368 g/mol. The first-order chi connectivity index (χ1) is 13.7. The Bertz CT molecular complexity index is 731. The Morgan fingerprint density at radius 1 is 1.21 bits per heavy atom. The third-order valence-electron chi connectivity index (χ3n) is 5.46. The average molecular weight is 403 g/mol. The van der Waals surface area contributed by atoms with E-state index in [4.69, 9.17) is 10.5 Å². The summed E-state index contributed by atoms with van der Waals surface area (Å²) in [7, 11) is 0. The van der Waals surface area contributed by atoms with Gasteiger partial charge >= 0.3 is 6.09 Å². The number of anilines is 1. The Hall–Kier alpha value is -2.28. The summed E-state index contributed by atoms with van der Waals surface area (Å²) in [6, 6.07) is 7.70. The summed E-state index contributed by atoms with van der Waals surface area (Å²) < 4.78 is 5.52. The molecular formula is C22H34N4O3. The Labute approximate surface area is 173 Å². The maximum Gasteiger partial charge on any atom is 0.410 e. The standard InChI is InChI=1S/C22H34N4O3/c1-22(2,3)29-21(28)25-12-13-26-17-9-7-8-16(14-17)18(23)10-5-4-6-11-24-20(27)19(26)15-25/h7-9,14,18-19H,4-6,10-13,15,23H2,1-3H3,(H,24,27)/t18?,19-/m0/s1. The first-order valence-electron chi connectivity index (χ1n) is 10.6. The van der Waals surface area contributed by atoms with Crippen LogP contribution in [0.5, 0.6) is 0 Å². The molecule has 2 amide bonds. The fourth-order valence-electron chi connectivity index (χ4n) is 3.90. The van der Waals surface area contributed by atoms with E-state index in [0.717, 1.165) is 36.9 Å². The molecule has 7 heteroatoms. The molecule has 1 saturated heterocycles. The lowest BCUT2D eigenvalue weighted by Crippen LogP contribution is -2.60. The number of rotatable bonds is 0. The van der Waals surface area contributed by atoms with Crippen molar-refractivity contribution in [3.05, 3.63) is 29.8 Å². The average Bonchev–Trinajstić information content (AvgIpc) is 2.68. The summed E-state index contributed by atoms with van der Waals surface area (Å²) in [5.41, 5.74) is 7.91.